The quantitative estimate of drug-likeness (QED) is 0.622. The Kier molecular flexibility index (Phi) is 7.64. The van der Waals surface area contributed by atoms with Crippen LogP contribution in [0.2, 0.25) is 0 Å². The first kappa shape index (κ1) is 13.1. The predicted molar refractivity (Wildman–Crippen MR) is 68.6 cm³/mol. The zero-order valence-electron chi connectivity index (χ0n) is 10.2. The summed E-state index contributed by atoms with van der Waals surface area (Å²) < 4.78 is 0. The van der Waals surface area contributed by atoms with E-state index in [4.69, 9.17) is 0 Å². The Morgan fingerprint density at radius 2 is 1.94 bits per heavy atom. The molecule has 0 spiro atoms. The number of pyridine rings is 1. The molecule has 0 radical (unpaired) electrons. The van der Waals surface area contributed by atoms with Gasteiger partial charge in [-0.3, -0.25) is 4.98 Å². The molecule has 3 nitrogen and oxygen atoms in total. The summed E-state index contributed by atoms with van der Waals surface area (Å²) in [5, 5.41) is 6.80. The zero-order chi connectivity index (χ0) is 11.5. The SMILES string of the molecule is CCCNCCNCCCc1cccnc1. The molecule has 16 heavy (non-hydrogen) atoms. The van der Waals surface area contributed by atoms with Crippen LogP contribution in [0.15, 0.2) is 24.5 Å². The molecule has 1 heterocycles. The van der Waals surface area contributed by atoms with Gasteiger partial charge in [0.1, 0.15) is 0 Å². The average Bonchev–Trinajstić information content (AvgIpc) is 2.34. The molecule has 0 saturated heterocycles. The number of aromatic nitrogens is 1. The highest BCUT2D eigenvalue weighted by molar-refractivity contribution is 5.08. The van der Waals surface area contributed by atoms with E-state index >= 15 is 0 Å². The topological polar surface area (TPSA) is 37.0 Å². The van der Waals surface area contributed by atoms with Crippen molar-refractivity contribution in [1.29, 1.82) is 0 Å². The number of nitrogens with one attached hydrogen (secondary N) is 2. The van der Waals surface area contributed by atoms with Crippen LogP contribution in [0.4, 0.5) is 0 Å². The van der Waals surface area contributed by atoms with Crippen LogP contribution < -0.4 is 10.6 Å². The molecule has 0 fully saturated rings. The maximum Gasteiger partial charge on any atom is 0.0299 e. The molecule has 0 unspecified atom stereocenters. The van der Waals surface area contributed by atoms with Gasteiger partial charge in [0, 0.05) is 25.5 Å². The van der Waals surface area contributed by atoms with E-state index < -0.39 is 0 Å². The highest BCUT2D eigenvalue weighted by Crippen LogP contribution is 1.98. The summed E-state index contributed by atoms with van der Waals surface area (Å²) in [6.07, 6.45) is 7.27. The first-order valence-electron chi connectivity index (χ1n) is 6.24. The summed E-state index contributed by atoms with van der Waals surface area (Å²) >= 11 is 0. The fraction of sp³-hybridized carbons (Fsp3) is 0.615. The first-order valence-corrected chi connectivity index (χ1v) is 6.24. The molecule has 3 heteroatoms. The third kappa shape index (κ3) is 6.53. The third-order valence-corrected chi connectivity index (χ3v) is 2.45. The highest BCUT2D eigenvalue weighted by Gasteiger charge is 1.92. The van der Waals surface area contributed by atoms with Gasteiger partial charge in [-0.2, -0.15) is 0 Å². The minimum atomic E-state index is 1.06. The molecule has 0 aliphatic carbocycles. The summed E-state index contributed by atoms with van der Waals surface area (Å²) in [4.78, 5) is 4.10. The van der Waals surface area contributed by atoms with Gasteiger partial charge in [-0.25, -0.2) is 0 Å². The maximum atomic E-state index is 4.10. The van der Waals surface area contributed by atoms with Crippen molar-refractivity contribution in [2.45, 2.75) is 26.2 Å². The third-order valence-electron chi connectivity index (χ3n) is 2.45. The Morgan fingerprint density at radius 3 is 2.62 bits per heavy atom. The van der Waals surface area contributed by atoms with E-state index in [9.17, 15) is 0 Å². The molecule has 1 rings (SSSR count). The van der Waals surface area contributed by atoms with Crippen LogP contribution in [0, 0.1) is 0 Å². The number of hydrogen-bond acceptors (Lipinski definition) is 3. The van der Waals surface area contributed by atoms with E-state index in [0.29, 0.717) is 0 Å². The predicted octanol–water partition coefficient (Wildman–Crippen LogP) is 1.60. The maximum absolute atomic E-state index is 4.10. The van der Waals surface area contributed by atoms with Gasteiger partial charge in [-0.15, -0.1) is 0 Å². The van der Waals surface area contributed by atoms with Gasteiger partial charge in [0.2, 0.25) is 0 Å². The minimum Gasteiger partial charge on any atom is -0.315 e. The molecule has 2 N–H and O–H groups in total. The zero-order valence-corrected chi connectivity index (χ0v) is 10.2. The standard InChI is InChI=1S/C13H23N3/c1-2-7-14-10-11-15-8-3-5-13-6-4-9-16-12-13/h4,6,9,12,14-15H,2-3,5,7-8,10-11H2,1H3. The fourth-order valence-corrected chi connectivity index (χ4v) is 1.57. The second kappa shape index (κ2) is 9.31. The van der Waals surface area contributed by atoms with Crippen LogP contribution in [0.3, 0.4) is 0 Å². The Morgan fingerprint density at radius 1 is 1.12 bits per heavy atom. The number of hydrogen-bond donors (Lipinski definition) is 2. The Balaban J connectivity index is 1.89. The van der Waals surface area contributed by atoms with Gasteiger partial charge in [-0.1, -0.05) is 13.0 Å². The molecule has 90 valence electrons. The van der Waals surface area contributed by atoms with Gasteiger partial charge in [0.25, 0.3) is 0 Å². The van der Waals surface area contributed by atoms with Crippen molar-refractivity contribution < 1.29 is 0 Å². The van der Waals surface area contributed by atoms with Crippen molar-refractivity contribution in [3.05, 3.63) is 30.1 Å². The van der Waals surface area contributed by atoms with Crippen LogP contribution in [-0.4, -0.2) is 31.2 Å². The molecule has 1 aromatic rings. The van der Waals surface area contributed by atoms with E-state index in [1.807, 2.05) is 18.5 Å². The first-order chi connectivity index (χ1) is 7.93. The molecule has 0 aliphatic rings. The fourth-order valence-electron chi connectivity index (χ4n) is 1.57. The van der Waals surface area contributed by atoms with Crippen LogP contribution in [0.1, 0.15) is 25.3 Å². The van der Waals surface area contributed by atoms with Gasteiger partial charge >= 0.3 is 0 Å². The van der Waals surface area contributed by atoms with E-state index in [2.05, 4.69) is 28.6 Å². The van der Waals surface area contributed by atoms with Crippen molar-refractivity contribution in [3.63, 3.8) is 0 Å². The second-order valence-corrected chi connectivity index (χ2v) is 3.96. The van der Waals surface area contributed by atoms with Gasteiger partial charge in [0.15, 0.2) is 0 Å². The van der Waals surface area contributed by atoms with Crippen molar-refractivity contribution >= 4 is 0 Å². The lowest BCUT2D eigenvalue weighted by Gasteiger charge is -2.05. The van der Waals surface area contributed by atoms with Crippen molar-refractivity contribution in [3.8, 4) is 0 Å². The van der Waals surface area contributed by atoms with E-state index in [0.717, 1.165) is 32.6 Å². The number of nitrogens with zero attached hydrogens (tertiary/aromatic N) is 1. The van der Waals surface area contributed by atoms with Gasteiger partial charge in [0.05, 0.1) is 0 Å². The monoisotopic (exact) mass is 221 g/mol. The molecular formula is C13H23N3. The highest BCUT2D eigenvalue weighted by atomic mass is 14.9. The molecule has 0 amide bonds. The van der Waals surface area contributed by atoms with E-state index in [1.54, 1.807) is 0 Å². The second-order valence-electron chi connectivity index (χ2n) is 3.96. The van der Waals surface area contributed by atoms with Crippen LogP contribution >= 0.6 is 0 Å². The lowest BCUT2D eigenvalue weighted by molar-refractivity contribution is 0.593. The Bertz CT molecular complexity index is 249. The Labute approximate surface area is 98.7 Å². The lowest BCUT2D eigenvalue weighted by atomic mass is 10.1. The van der Waals surface area contributed by atoms with Crippen molar-refractivity contribution in [2.75, 3.05) is 26.2 Å². The molecular weight excluding hydrogens is 198 g/mol. The minimum absolute atomic E-state index is 1.06. The van der Waals surface area contributed by atoms with Gasteiger partial charge in [-0.05, 0) is 44.0 Å². The smallest absolute Gasteiger partial charge is 0.0299 e. The summed E-state index contributed by atoms with van der Waals surface area (Å²) in [5.74, 6) is 0. The summed E-state index contributed by atoms with van der Waals surface area (Å²) in [7, 11) is 0. The lowest BCUT2D eigenvalue weighted by Crippen LogP contribution is -2.28. The molecule has 0 aliphatic heterocycles. The van der Waals surface area contributed by atoms with Crippen molar-refractivity contribution in [2.24, 2.45) is 0 Å². The molecule has 0 atom stereocenters. The molecule has 1 aromatic heterocycles. The number of aryl methyl sites for hydroxylation is 1. The summed E-state index contributed by atoms with van der Waals surface area (Å²) in [5.41, 5.74) is 1.33. The summed E-state index contributed by atoms with van der Waals surface area (Å²) in [6.45, 7) is 6.53. The molecule has 0 bridgehead atoms. The molecule has 0 saturated carbocycles. The molecule has 0 aromatic carbocycles. The van der Waals surface area contributed by atoms with E-state index in [-0.39, 0.29) is 0 Å². The van der Waals surface area contributed by atoms with Crippen LogP contribution in [0.25, 0.3) is 0 Å². The summed E-state index contributed by atoms with van der Waals surface area (Å²) in [6, 6.07) is 4.13. The van der Waals surface area contributed by atoms with Crippen LogP contribution in [-0.2, 0) is 6.42 Å². The van der Waals surface area contributed by atoms with Crippen molar-refractivity contribution in [1.82, 2.24) is 15.6 Å². The normalized spacial score (nSPS) is 10.6. The Hall–Kier alpha value is -0.930. The van der Waals surface area contributed by atoms with E-state index in [1.165, 1.54) is 18.4 Å². The van der Waals surface area contributed by atoms with Crippen LogP contribution in [0.5, 0.6) is 0 Å². The van der Waals surface area contributed by atoms with Gasteiger partial charge < -0.3 is 10.6 Å². The average molecular weight is 221 g/mol. The largest absolute Gasteiger partial charge is 0.315 e. The number of rotatable bonds is 9.